The molecule has 0 saturated carbocycles. The first-order valence-corrected chi connectivity index (χ1v) is 9.30. The summed E-state index contributed by atoms with van der Waals surface area (Å²) in [6.07, 6.45) is 4.78. The van der Waals surface area contributed by atoms with Gasteiger partial charge in [-0.1, -0.05) is 0 Å². The molecular formula is C20H26N4O2. The lowest BCUT2D eigenvalue weighted by atomic mass is 9.97. The van der Waals surface area contributed by atoms with Gasteiger partial charge in [0.2, 0.25) is 0 Å². The highest BCUT2D eigenvalue weighted by atomic mass is 16.5. The van der Waals surface area contributed by atoms with Crippen molar-refractivity contribution in [1.82, 2.24) is 15.3 Å². The third-order valence-electron chi connectivity index (χ3n) is 5.47. The Balaban J connectivity index is 1.60. The van der Waals surface area contributed by atoms with Crippen molar-refractivity contribution in [2.24, 2.45) is 0 Å². The normalized spacial score (nSPS) is 19.8. The van der Waals surface area contributed by atoms with Gasteiger partial charge < -0.3 is 19.7 Å². The Hall–Kier alpha value is -2.34. The van der Waals surface area contributed by atoms with Gasteiger partial charge in [-0.15, -0.1) is 0 Å². The second-order valence-corrected chi connectivity index (χ2v) is 6.91. The minimum atomic E-state index is 0.412. The van der Waals surface area contributed by atoms with Gasteiger partial charge in [0, 0.05) is 43.1 Å². The van der Waals surface area contributed by atoms with E-state index in [0.717, 1.165) is 62.8 Å². The van der Waals surface area contributed by atoms with Crippen molar-refractivity contribution in [2.75, 3.05) is 45.3 Å². The maximum Gasteiger partial charge on any atom is 0.135 e. The zero-order valence-electron chi connectivity index (χ0n) is 15.5. The van der Waals surface area contributed by atoms with Gasteiger partial charge in [0.15, 0.2) is 0 Å². The van der Waals surface area contributed by atoms with Crippen molar-refractivity contribution in [1.29, 1.82) is 0 Å². The minimum Gasteiger partial charge on any atom is -0.497 e. The molecule has 3 heterocycles. The van der Waals surface area contributed by atoms with E-state index in [0.29, 0.717) is 5.92 Å². The van der Waals surface area contributed by atoms with E-state index >= 15 is 0 Å². The lowest BCUT2D eigenvalue weighted by Gasteiger charge is -2.22. The molecule has 0 unspecified atom stereocenters. The van der Waals surface area contributed by atoms with Gasteiger partial charge in [-0.25, -0.2) is 9.97 Å². The maximum absolute atomic E-state index is 5.60. The topological polar surface area (TPSA) is 59.5 Å². The summed E-state index contributed by atoms with van der Waals surface area (Å²) in [5.74, 6) is 3.34. The molecule has 6 heteroatoms. The second-order valence-electron chi connectivity index (χ2n) is 6.91. The summed E-state index contributed by atoms with van der Waals surface area (Å²) in [7, 11) is 3.44. The van der Waals surface area contributed by atoms with Gasteiger partial charge in [-0.3, -0.25) is 0 Å². The van der Waals surface area contributed by atoms with Crippen LogP contribution in [-0.2, 0) is 12.8 Å². The van der Waals surface area contributed by atoms with Gasteiger partial charge in [0.25, 0.3) is 0 Å². The first-order valence-electron chi connectivity index (χ1n) is 9.30. The van der Waals surface area contributed by atoms with Gasteiger partial charge in [0.1, 0.15) is 23.6 Å². The molecule has 0 amide bonds. The Bertz CT molecular complexity index is 780. The highest BCUT2D eigenvalue weighted by Crippen LogP contribution is 2.38. The molecule has 0 bridgehead atoms. The number of nitrogens with one attached hydrogen (secondary N) is 1. The van der Waals surface area contributed by atoms with Crippen molar-refractivity contribution < 1.29 is 9.47 Å². The molecule has 1 aromatic carbocycles. The Morgan fingerprint density at radius 1 is 1.12 bits per heavy atom. The van der Waals surface area contributed by atoms with Crippen LogP contribution in [0.15, 0.2) is 24.5 Å². The number of rotatable bonds is 4. The fourth-order valence-corrected chi connectivity index (χ4v) is 4.09. The molecule has 26 heavy (non-hydrogen) atoms. The van der Waals surface area contributed by atoms with Gasteiger partial charge >= 0.3 is 0 Å². The Kier molecular flexibility index (Phi) is 4.93. The summed E-state index contributed by atoms with van der Waals surface area (Å²) >= 11 is 0. The number of benzene rings is 1. The van der Waals surface area contributed by atoms with Crippen LogP contribution in [0.25, 0.3) is 0 Å². The molecular weight excluding hydrogens is 328 g/mol. The van der Waals surface area contributed by atoms with Crippen molar-refractivity contribution >= 4 is 5.82 Å². The minimum absolute atomic E-state index is 0.412. The highest BCUT2D eigenvalue weighted by Gasteiger charge is 2.29. The quantitative estimate of drug-likeness (QED) is 0.908. The zero-order valence-corrected chi connectivity index (χ0v) is 15.5. The molecule has 2 aliphatic heterocycles. The van der Waals surface area contributed by atoms with E-state index in [-0.39, 0.29) is 0 Å². The molecule has 1 aromatic heterocycles. The zero-order chi connectivity index (χ0) is 17.9. The molecule has 2 aromatic rings. The smallest absolute Gasteiger partial charge is 0.135 e. The molecule has 6 nitrogen and oxygen atoms in total. The molecule has 1 fully saturated rings. The molecule has 4 rings (SSSR count). The molecule has 1 saturated heterocycles. The number of ether oxygens (including phenoxy) is 2. The van der Waals surface area contributed by atoms with Gasteiger partial charge in [0.05, 0.1) is 19.9 Å². The molecule has 0 aliphatic carbocycles. The van der Waals surface area contributed by atoms with E-state index in [4.69, 9.17) is 9.47 Å². The van der Waals surface area contributed by atoms with E-state index in [9.17, 15) is 0 Å². The first kappa shape index (κ1) is 17.1. The Morgan fingerprint density at radius 2 is 2.00 bits per heavy atom. The van der Waals surface area contributed by atoms with E-state index in [1.54, 1.807) is 20.5 Å². The molecule has 2 aliphatic rings. The second kappa shape index (κ2) is 7.50. The van der Waals surface area contributed by atoms with Crippen LogP contribution in [0, 0.1) is 0 Å². The summed E-state index contributed by atoms with van der Waals surface area (Å²) in [5, 5.41) is 3.46. The standard InChI is InChI=1S/C20H26N4O2/c1-25-15-3-4-19(26-2)17(11-15)14-7-10-24(12-14)20-16-5-8-21-9-6-18(16)22-13-23-20/h3-4,11,13-14,21H,5-10,12H2,1-2H3/t14-/m1/s1. The lowest BCUT2D eigenvalue weighted by molar-refractivity contribution is 0.396. The largest absolute Gasteiger partial charge is 0.497 e. The number of anilines is 1. The molecule has 138 valence electrons. The number of hydrogen-bond donors (Lipinski definition) is 1. The van der Waals surface area contributed by atoms with E-state index < -0.39 is 0 Å². The van der Waals surface area contributed by atoms with Crippen LogP contribution in [0.2, 0.25) is 0 Å². The fraction of sp³-hybridized carbons (Fsp3) is 0.500. The fourth-order valence-electron chi connectivity index (χ4n) is 4.09. The van der Waals surface area contributed by atoms with Crippen LogP contribution in [0.3, 0.4) is 0 Å². The third kappa shape index (κ3) is 3.21. The third-order valence-corrected chi connectivity index (χ3v) is 5.47. The number of fused-ring (bicyclic) bond motifs is 1. The summed E-state index contributed by atoms with van der Waals surface area (Å²) in [5.41, 5.74) is 3.73. The number of methoxy groups -OCH3 is 2. The van der Waals surface area contributed by atoms with E-state index in [1.807, 2.05) is 12.1 Å². The first-order chi connectivity index (χ1) is 12.8. The van der Waals surface area contributed by atoms with Crippen LogP contribution in [0.1, 0.15) is 29.2 Å². The summed E-state index contributed by atoms with van der Waals surface area (Å²) in [6, 6.07) is 6.06. The van der Waals surface area contributed by atoms with Crippen LogP contribution >= 0.6 is 0 Å². The van der Waals surface area contributed by atoms with Crippen molar-refractivity contribution in [3.63, 3.8) is 0 Å². The average molecular weight is 354 g/mol. The Morgan fingerprint density at radius 3 is 2.85 bits per heavy atom. The van der Waals surface area contributed by atoms with Crippen molar-refractivity contribution in [3.05, 3.63) is 41.3 Å². The van der Waals surface area contributed by atoms with Crippen LogP contribution in [-0.4, -0.2) is 50.4 Å². The SMILES string of the molecule is COc1ccc(OC)c([C@@H]2CCN(c3ncnc4c3CCNCC4)C2)c1. The molecule has 0 radical (unpaired) electrons. The number of hydrogen-bond acceptors (Lipinski definition) is 6. The van der Waals surface area contributed by atoms with Gasteiger partial charge in [-0.2, -0.15) is 0 Å². The van der Waals surface area contributed by atoms with Crippen LogP contribution in [0.4, 0.5) is 5.82 Å². The predicted molar refractivity (Wildman–Crippen MR) is 101 cm³/mol. The van der Waals surface area contributed by atoms with E-state index in [1.165, 1.54) is 16.8 Å². The van der Waals surface area contributed by atoms with Crippen molar-refractivity contribution in [2.45, 2.75) is 25.2 Å². The summed E-state index contributed by atoms with van der Waals surface area (Å²) in [6.45, 7) is 3.93. The predicted octanol–water partition coefficient (Wildman–Crippen LogP) is 2.18. The summed E-state index contributed by atoms with van der Waals surface area (Å²) in [4.78, 5) is 11.6. The van der Waals surface area contributed by atoms with Gasteiger partial charge in [-0.05, 0) is 37.6 Å². The van der Waals surface area contributed by atoms with E-state index in [2.05, 4.69) is 26.3 Å². The monoisotopic (exact) mass is 354 g/mol. The number of nitrogens with zero attached hydrogens (tertiary/aromatic N) is 3. The average Bonchev–Trinajstić information content (AvgIpc) is 3.05. The lowest BCUT2D eigenvalue weighted by Crippen LogP contribution is -2.23. The highest BCUT2D eigenvalue weighted by molar-refractivity contribution is 5.52. The Labute approximate surface area is 154 Å². The summed E-state index contributed by atoms with van der Waals surface area (Å²) < 4.78 is 11.0. The maximum atomic E-state index is 5.60. The molecule has 1 N–H and O–H groups in total. The molecule has 0 spiro atoms. The molecule has 1 atom stereocenters. The van der Waals surface area contributed by atoms with Crippen molar-refractivity contribution in [3.8, 4) is 11.5 Å². The van der Waals surface area contributed by atoms with Crippen LogP contribution < -0.4 is 19.7 Å². The number of aromatic nitrogens is 2. The van der Waals surface area contributed by atoms with Crippen LogP contribution in [0.5, 0.6) is 11.5 Å².